The Labute approximate surface area is 202 Å². The van der Waals surface area contributed by atoms with Gasteiger partial charge in [-0.15, -0.1) is 5.10 Å². The highest BCUT2D eigenvalue weighted by atomic mass is 32.2. The fraction of sp³-hybridized carbons (Fsp3) is 0.348. The molecule has 0 spiro atoms. The van der Waals surface area contributed by atoms with E-state index in [1.54, 1.807) is 39.5 Å². The van der Waals surface area contributed by atoms with Crippen LogP contribution in [0.3, 0.4) is 0 Å². The van der Waals surface area contributed by atoms with Gasteiger partial charge >= 0.3 is 0 Å². The van der Waals surface area contributed by atoms with Crippen molar-refractivity contribution in [2.45, 2.75) is 44.0 Å². The summed E-state index contributed by atoms with van der Waals surface area (Å²) in [6.45, 7) is 5.09. The van der Waals surface area contributed by atoms with Gasteiger partial charge in [-0.3, -0.25) is 4.68 Å². The van der Waals surface area contributed by atoms with Crippen molar-refractivity contribution < 1.29 is 8.42 Å². The number of benzene rings is 1. The molecular formula is C23H25N9O2S. The Bertz CT molecular complexity index is 1640. The molecule has 1 aliphatic rings. The Hall–Kier alpha value is -3.64. The van der Waals surface area contributed by atoms with Crippen LogP contribution in [0, 0.1) is 6.92 Å². The van der Waals surface area contributed by atoms with Crippen molar-refractivity contribution in [1.82, 2.24) is 43.4 Å². The van der Waals surface area contributed by atoms with E-state index in [1.807, 2.05) is 37.3 Å². The fourth-order valence-electron chi connectivity index (χ4n) is 4.69. The average Bonchev–Trinajstić information content (AvgIpc) is 3.60. The summed E-state index contributed by atoms with van der Waals surface area (Å²) < 4.78 is 33.4. The standard InChI is InChI=1S/C23H25N9O2S/c1-3-29-14-20(16(2)27-29)35(33,34)30-11-7-8-17(13-30)21-26-23-19-12-25-32(18-9-5-4-6-10-18)22(19)24-15-31(23)28-21/h4-6,9-10,12,14-15,17H,3,7-8,11,13H2,1-2H3/t17-/m0/s1. The summed E-state index contributed by atoms with van der Waals surface area (Å²) in [4.78, 5) is 9.65. The SMILES string of the molecule is CCn1cc(S(=O)(=O)N2CCC[C@H](c3nc4c5cnn(-c6ccccc6)c5ncn4n3)C2)c(C)n1. The molecule has 6 rings (SSSR count). The molecule has 1 aromatic carbocycles. The molecule has 0 bridgehead atoms. The lowest BCUT2D eigenvalue weighted by molar-refractivity contribution is 0.309. The predicted molar refractivity (Wildman–Crippen MR) is 129 cm³/mol. The van der Waals surface area contributed by atoms with Crippen molar-refractivity contribution in [1.29, 1.82) is 0 Å². The second-order valence-corrected chi connectivity index (χ2v) is 10.7. The Morgan fingerprint density at radius 2 is 1.94 bits per heavy atom. The van der Waals surface area contributed by atoms with Crippen LogP contribution < -0.4 is 0 Å². The Morgan fingerprint density at radius 3 is 2.71 bits per heavy atom. The van der Waals surface area contributed by atoms with Crippen LogP contribution in [0.1, 0.15) is 37.2 Å². The smallest absolute Gasteiger partial charge is 0.246 e. The number of rotatable bonds is 5. The Kier molecular flexibility index (Phi) is 5.15. The zero-order chi connectivity index (χ0) is 24.2. The molecule has 35 heavy (non-hydrogen) atoms. The van der Waals surface area contributed by atoms with Crippen LogP contribution in [-0.4, -0.2) is 65.0 Å². The van der Waals surface area contributed by atoms with Gasteiger partial charge in [0.05, 0.1) is 23.0 Å². The Morgan fingerprint density at radius 1 is 1.11 bits per heavy atom. The maximum atomic E-state index is 13.4. The molecule has 1 aliphatic heterocycles. The highest BCUT2D eigenvalue weighted by Crippen LogP contribution is 2.30. The van der Waals surface area contributed by atoms with Crippen LogP contribution in [0.4, 0.5) is 0 Å². The lowest BCUT2D eigenvalue weighted by Gasteiger charge is -2.30. The third kappa shape index (κ3) is 3.60. The minimum atomic E-state index is -3.65. The quantitative estimate of drug-likeness (QED) is 0.371. The first kappa shape index (κ1) is 21.9. The van der Waals surface area contributed by atoms with Gasteiger partial charge in [0.15, 0.2) is 17.1 Å². The van der Waals surface area contributed by atoms with E-state index in [0.717, 1.165) is 23.9 Å². The third-order valence-corrected chi connectivity index (χ3v) is 8.48. The van der Waals surface area contributed by atoms with Crippen LogP contribution in [0.2, 0.25) is 0 Å². The van der Waals surface area contributed by atoms with E-state index in [2.05, 4.69) is 20.3 Å². The third-order valence-electron chi connectivity index (χ3n) is 6.51. The number of hydrogen-bond donors (Lipinski definition) is 0. The van der Waals surface area contributed by atoms with Gasteiger partial charge in [-0.2, -0.15) is 14.5 Å². The fourth-order valence-corrected chi connectivity index (χ4v) is 6.39. The molecule has 1 fully saturated rings. The van der Waals surface area contributed by atoms with Crippen molar-refractivity contribution in [2.24, 2.45) is 0 Å². The molecule has 5 heterocycles. The van der Waals surface area contributed by atoms with Gasteiger partial charge in [0.1, 0.15) is 11.2 Å². The second kappa shape index (κ2) is 8.24. The van der Waals surface area contributed by atoms with Crippen LogP contribution in [-0.2, 0) is 16.6 Å². The summed E-state index contributed by atoms with van der Waals surface area (Å²) in [5, 5.41) is 14.3. The van der Waals surface area contributed by atoms with Crippen molar-refractivity contribution in [3.05, 3.63) is 60.6 Å². The number of sulfonamides is 1. The van der Waals surface area contributed by atoms with Crippen molar-refractivity contribution in [3.8, 4) is 5.69 Å². The van der Waals surface area contributed by atoms with Gasteiger partial charge in [0, 0.05) is 31.7 Å². The van der Waals surface area contributed by atoms with E-state index in [4.69, 9.17) is 4.98 Å². The highest BCUT2D eigenvalue weighted by molar-refractivity contribution is 7.89. The topological polar surface area (TPSA) is 116 Å². The molecule has 0 saturated carbocycles. The van der Waals surface area contributed by atoms with Crippen LogP contribution in [0.15, 0.2) is 53.9 Å². The van der Waals surface area contributed by atoms with Gasteiger partial charge in [0.25, 0.3) is 0 Å². The minimum absolute atomic E-state index is 0.112. The lowest BCUT2D eigenvalue weighted by atomic mass is 9.99. The largest absolute Gasteiger partial charge is 0.271 e. The van der Waals surface area contributed by atoms with Crippen LogP contribution >= 0.6 is 0 Å². The van der Waals surface area contributed by atoms with E-state index in [1.165, 1.54) is 4.31 Å². The van der Waals surface area contributed by atoms with Crippen molar-refractivity contribution in [2.75, 3.05) is 13.1 Å². The average molecular weight is 492 g/mol. The number of piperidine rings is 1. The van der Waals surface area contributed by atoms with Gasteiger partial charge in [-0.25, -0.2) is 27.6 Å². The van der Waals surface area contributed by atoms with E-state index >= 15 is 0 Å². The summed E-state index contributed by atoms with van der Waals surface area (Å²) >= 11 is 0. The lowest BCUT2D eigenvalue weighted by Crippen LogP contribution is -2.39. The molecule has 12 heteroatoms. The van der Waals surface area contributed by atoms with Gasteiger partial charge in [-0.1, -0.05) is 18.2 Å². The molecule has 0 aliphatic carbocycles. The van der Waals surface area contributed by atoms with E-state index < -0.39 is 10.0 Å². The first-order valence-corrected chi connectivity index (χ1v) is 13.1. The summed E-state index contributed by atoms with van der Waals surface area (Å²) in [6.07, 6.45) is 6.55. The number of aromatic nitrogens is 8. The summed E-state index contributed by atoms with van der Waals surface area (Å²) in [5.74, 6) is 0.506. The first-order valence-electron chi connectivity index (χ1n) is 11.6. The Balaban J connectivity index is 1.33. The summed E-state index contributed by atoms with van der Waals surface area (Å²) in [5.41, 5.74) is 2.78. The van der Waals surface area contributed by atoms with E-state index in [0.29, 0.717) is 42.4 Å². The van der Waals surface area contributed by atoms with Crippen LogP contribution in [0.25, 0.3) is 22.4 Å². The number of hydrogen-bond acceptors (Lipinski definition) is 7. The van der Waals surface area contributed by atoms with Gasteiger partial charge in [-0.05, 0) is 38.8 Å². The molecule has 0 N–H and O–H groups in total. The molecular weight excluding hydrogens is 466 g/mol. The number of aryl methyl sites for hydroxylation is 2. The molecule has 5 aromatic rings. The molecule has 180 valence electrons. The predicted octanol–water partition coefficient (Wildman–Crippen LogP) is 2.56. The summed E-state index contributed by atoms with van der Waals surface area (Å²) in [6, 6.07) is 9.80. The molecule has 0 radical (unpaired) electrons. The zero-order valence-corrected chi connectivity index (χ0v) is 20.3. The molecule has 4 aromatic heterocycles. The van der Waals surface area contributed by atoms with Gasteiger partial charge in [0.2, 0.25) is 10.0 Å². The maximum Gasteiger partial charge on any atom is 0.246 e. The molecule has 0 unspecified atom stereocenters. The second-order valence-electron chi connectivity index (χ2n) is 8.75. The van der Waals surface area contributed by atoms with Crippen LogP contribution in [0.5, 0.6) is 0 Å². The van der Waals surface area contributed by atoms with Crippen molar-refractivity contribution >= 4 is 26.7 Å². The normalized spacial score (nSPS) is 17.5. The maximum absolute atomic E-state index is 13.4. The minimum Gasteiger partial charge on any atom is -0.271 e. The number of nitrogens with zero attached hydrogens (tertiary/aromatic N) is 9. The van der Waals surface area contributed by atoms with E-state index in [9.17, 15) is 8.42 Å². The zero-order valence-electron chi connectivity index (χ0n) is 19.5. The monoisotopic (exact) mass is 491 g/mol. The van der Waals surface area contributed by atoms with Gasteiger partial charge < -0.3 is 0 Å². The number of para-hydroxylation sites is 1. The summed E-state index contributed by atoms with van der Waals surface area (Å²) in [7, 11) is -3.65. The molecule has 1 atom stereocenters. The highest BCUT2D eigenvalue weighted by Gasteiger charge is 2.34. The molecule has 1 saturated heterocycles. The number of fused-ring (bicyclic) bond motifs is 3. The van der Waals surface area contributed by atoms with E-state index in [-0.39, 0.29) is 10.8 Å². The first-order chi connectivity index (χ1) is 17.0. The van der Waals surface area contributed by atoms with Crippen molar-refractivity contribution in [3.63, 3.8) is 0 Å². The molecule has 11 nitrogen and oxygen atoms in total. The molecule has 0 amide bonds.